The molecule has 1 aliphatic carbocycles. The van der Waals surface area contributed by atoms with Crippen molar-refractivity contribution in [2.24, 2.45) is 5.92 Å². The number of ether oxygens (including phenoxy) is 1. The summed E-state index contributed by atoms with van der Waals surface area (Å²) in [6.07, 6.45) is 7.26. The maximum atomic E-state index is 13.4. The molecule has 2 aromatic carbocycles. The van der Waals surface area contributed by atoms with Crippen molar-refractivity contribution in [1.82, 2.24) is 4.98 Å². The van der Waals surface area contributed by atoms with Gasteiger partial charge < -0.3 is 20.5 Å². The predicted octanol–water partition coefficient (Wildman–Crippen LogP) is 4.07. The topological polar surface area (TPSA) is 141 Å². The molecule has 0 bridgehead atoms. The number of amides is 2. The Labute approximate surface area is 218 Å². The Kier molecular flexibility index (Phi) is 6.62. The zero-order chi connectivity index (χ0) is 26.7. The lowest BCUT2D eigenvalue weighted by Gasteiger charge is -2.27. The highest BCUT2D eigenvalue weighted by Crippen LogP contribution is 2.61. The number of rotatable bonds is 7. The number of aromatic nitrogens is 1. The molecule has 0 radical (unpaired) electrons. The summed E-state index contributed by atoms with van der Waals surface area (Å²) in [4.78, 5) is 41.1. The van der Waals surface area contributed by atoms with E-state index in [4.69, 9.17) is 9.84 Å². The summed E-state index contributed by atoms with van der Waals surface area (Å²) in [5, 5.41) is 24.0. The number of benzene rings is 2. The molecule has 1 spiro atoms. The highest BCUT2D eigenvalue weighted by molar-refractivity contribution is 6.04. The molecule has 3 aromatic rings. The number of carboxylic acids is 1. The van der Waals surface area contributed by atoms with Crippen molar-refractivity contribution in [2.75, 3.05) is 17.2 Å². The van der Waals surface area contributed by atoms with Crippen molar-refractivity contribution in [3.05, 3.63) is 95.3 Å². The van der Waals surface area contributed by atoms with Crippen LogP contribution >= 0.6 is 0 Å². The van der Waals surface area contributed by atoms with Crippen LogP contribution in [0, 0.1) is 17.2 Å². The van der Waals surface area contributed by atoms with Crippen LogP contribution < -0.4 is 15.4 Å². The number of allylic oxidation sites excluding steroid dienone is 1. The van der Waals surface area contributed by atoms with Crippen molar-refractivity contribution in [1.29, 1.82) is 5.26 Å². The Balaban J connectivity index is 1.37. The van der Waals surface area contributed by atoms with Crippen LogP contribution in [0.5, 0.6) is 5.75 Å². The van der Waals surface area contributed by atoms with E-state index in [0.717, 1.165) is 11.6 Å². The van der Waals surface area contributed by atoms with Gasteiger partial charge in [-0.15, -0.1) is 0 Å². The molecule has 190 valence electrons. The fraction of sp³-hybridized carbons (Fsp3) is 0.207. The third-order valence-electron chi connectivity index (χ3n) is 7.01. The number of nitrogens with one attached hydrogen (secondary N) is 2. The highest BCUT2D eigenvalue weighted by Gasteiger charge is 2.61. The number of aliphatic carboxylic acids is 1. The van der Waals surface area contributed by atoms with Crippen LogP contribution in [0.15, 0.2) is 73.1 Å². The van der Waals surface area contributed by atoms with Gasteiger partial charge in [-0.1, -0.05) is 12.1 Å². The Bertz CT molecular complexity index is 1490. The van der Waals surface area contributed by atoms with E-state index in [-0.39, 0.29) is 24.2 Å². The number of anilines is 2. The molecule has 9 heteroatoms. The monoisotopic (exact) mass is 508 g/mol. The van der Waals surface area contributed by atoms with Crippen molar-refractivity contribution in [2.45, 2.75) is 24.7 Å². The minimum absolute atomic E-state index is 0.192. The molecule has 2 heterocycles. The maximum absolute atomic E-state index is 13.4. The number of pyridine rings is 1. The van der Waals surface area contributed by atoms with Gasteiger partial charge in [0.15, 0.2) is 0 Å². The molecule has 9 nitrogen and oxygen atoms in total. The van der Waals surface area contributed by atoms with Gasteiger partial charge in [-0.05, 0) is 67.3 Å². The van der Waals surface area contributed by atoms with Crippen LogP contribution in [0.1, 0.15) is 39.9 Å². The number of fused-ring (bicyclic) bond motifs is 2. The Morgan fingerprint density at radius 2 is 1.95 bits per heavy atom. The van der Waals surface area contributed by atoms with Gasteiger partial charge in [0.25, 0.3) is 5.91 Å². The number of hydrogen-bond donors (Lipinski definition) is 3. The molecule has 0 saturated heterocycles. The average Bonchev–Trinajstić information content (AvgIpc) is 3.64. The second kappa shape index (κ2) is 10.2. The summed E-state index contributed by atoms with van der Waals surface area (Å²) >= 11 is 0. The van der Waals surface area contributed by atoms with Gasteiger partial charge in [0.2, 0.25) is 5.91 Å². The number of nitriles is 1. The lowest BCUT2D eigenvalue weighted by Crippen LogP contribution is -2.27. The third-order valence-corrected chi connectivity index (χ3v) is 7.01. The van der Waals surface area contributed by atoms with E-state index in [1.54, 1.807) is 60.9 Å². The fourth-order valence-corrected chi connectivity index (χ4v) is 4.97. The molecule has 2 aliphatic rings. The third kappa shape index (κ3) is 4.97. The zero-order valence-electron chi connectivity index (χ0n) is 20.3. The molecule has 38 heavy (non-hydrogen) atoms. The smallest absolute Gasteiger partial charge is 0.327 e. The van der Waals surface area contributed by atoms with E-state index >= 15 is 0 Å². The van der Waals surface area contributed by atoms with Crippen molar-refractivity contribution in [3.8, 4) is 11.8 Å². The lowest BCUT2D eigenvalue weighted by molar-refractivity contribution is -0.131. The number of carbonyl (C=O) groups is 3. The second-order valence-electron chi connectivity index (χ2n) is 9.33. The quantitative estimate of drug-likeness (QED) is 0.409. The van der Waals surface area contributed by atoms with Crippen molar-refractivity contribution < 1.29 is 24.2 Å². The summed E-state index contributed by atoms with van der Waals surface area (Å²) in [6, 6.07) is 15.7. The molecule has 3 N–H and O–H groups in total. The molecule has 1 fully saturated rings. The second-order valence-corrected chi connectivity index (χ2v) is 9.33. The van der Waals surface area contributed by atoms with E-state index in [1.165, 1.54) is 6.08 Å². The normalized spacial score (nSPS) is 19.2. The van der Waals surface area contributed by atoms with E-state index in [1.807, 2.05) is 0 Å². The Hall–Kier alpha value is -4.97. The van der Waals surface area contributed by atoms with Crippen LogP contribution in [0.2, 0.25) is 0 Å². The number of nitrogens with zero attached hydrogens (tertiary/aromatic N) is 2. The molecule has 2 atom stereocenters. The van der Waals surface area contributed by atoms with E-state index < -0.39 is 11.4 Å². The molecule has 2 amide bonds. The molecule has 1 aliphatic heterocycles. The molecule has 1 saturated carbocycles. The van der Waals surface area contributed by atoms with Crippen LogP contribution in [0.25, 0.3) is 0 Å². The van der Waals surface area contributed by atoms with Crippen LogP contribution in [0.3, 0.4) is 0 Å². The highest BCUT2D eigenvalue weighted by atomic mass is 16.5. The molecule has 0 unspecified atom stereocenters. The first-order valence-electron chi connectivity index (χ1n) is 12.1. The number of carboxylic acid groups (broad SMARTS) is 1. The average molecular weight is 509 g/mol. The zero-order valence-corrected chi connectivity index (χ0v) is 20.3. The first-order chi connectivity index (χ1) is 18.4. The number of carbonyl (C=O) groups excluding carboxylic acids is 2. The van der Waals surface area contributed by atoms with E-state index in [0.29, 0.717) is 53.3 Å². The largest absolute Gasteiger partial charge is 0.493 e. The van der Waals surface area contributed by atoms with E-state index in [2.05, 4.69) is 21.7 Å². The number of hydrogen-bond acceptors (Lipinski definition) is 6. The predicted molar refractivity (Wildman–Crippen MR) is 139 cm³/mol. The van der Waals surface area contributed by atoms with Gasteiger partial charge in [0.1, 0.15) is 5.75 Å². The summed E-state index contributed by atoms with van der Waals surface area (Å²) < 4.78 is 5.85. The van der Waals surface area contributed by atoms with Crippen molar-refractivity contribution in [3.63, 3.8) is 0 Å². The summed E-state index contributed by atoms with van der Waals surface area (Å²) in [7, 11) is 0. The SMILES string of the molecule is N#Cc1ccc(CC=CC(=O)O)c(NC(=O)[C@@H]2C[C@]23CCOc2ccc(C(=O)Nc4ccncc4)cc23)c1. The van der Waals surface area contributed by atoms with Crippen LogP contribution in [-0.4, -0.2) is 34.5 Å². The molecular formula is C29H24N4O5. The summed E-state index contributed by atoms with van der Waals surface area (Å²) in [6.45, 7) is 0.467. The van der Waals surface area contributed by atoms with Gasteiger partial charge in [-0.2, -0.15) is 5.26 Å². The summed E-state index contributed by atoms with van der Waals surface area (Å²) in [5.41, 5.74) is 3.05. The minimum atomic E-state index is -1.06. The van der Waals surface area contributed by atoms with Crippen LogP contribution in [0.4, 0.5) is 11.4 Å². The maximum Gasteiger partial charge on any atom is 0.327 e. The lowest BCUT2D eigenvalue weighted by atomic mass is 9.86. The first-order valence-corrected chi connectivity index (χ1v) is 12.1. The van der Waals surface area contributed by atoms with Gasteiger partial charge in [-0.3, -0.25) is 14.6 Å². The fourth-order valence-electron chi connectivity index (χ4n) is 4.97. The first kappa shape index (κ1) is 24.7. The Morgan fingerprint density at radius 1 is 1.13 bits per heavy atom. The Morgan fingerprint density at radius 3 is 2.71 bits per heavy atom. The summed E-state index contributed by atoms with van der Waals surface area (Å²) in [5.74, 6) is -1.19. The minimum Gasteiger partial charge on any atom is -0.493 e. The van der Waals surface area contributed by atoms with Gasteiger partial charge in [0.05, 0.1) is 18.2 Å². The molecule has 5 rings (SSSR count). The van der Waals surface area contributed by atoms with Gasteiger partial charge in [0, 0.05) is 52.3 Å². The molecular weight excluding hydrogens is 484 g/mol. The van der Waals surface area contributed by atoms with Gasteiger partial charge in [-0.25, -0.2) is 4.79 Å². The molecule has 1 aromatic heterocycles. The van der Waals surface area contributed by atoms with Crippen LogP contribution in [-0.2, 0) is 21.4 Å². The van der Waals surface area contributed by atoms with Gasteiger partial charge >= 0.3 is 5.97 Å². The van der Waals surface area contributed by atoms with Crippen molar-refractivity contribution >= 4 is 29.2 Å². The van der Waals surface area contributed by atoms with E-state index in [9.17, 15) is 19.6 Å². The standard InChI is InChI=1S/C29H24N4O5/c30-17-18-4-5-19(2-1-3-26(34)35)24(14-18)33-28(37)23-16-29(23)10-13-38-25-7-6-20(15-22(25)29)27(36)32-21-8-11-31-12-9-21/h1,3-9,11-12,14-15,23H,2,10,13,16H2,(H,33,37)(H,34,35)(H,31,32,36)/t23-,29-/m0/s1.